The Morgan fingerprint density at radius 2 is 1.77 bits per heavy atom. The second-order valence-electron chi connectivity index (χ2n) is 7.70. The Morgan fingerprint density at radius 1 is 0.971 bits per heavy atom. The van der Waals surface area contributed by atoms with Crippen molar-refractivity contribution in [1.29, 1.82) is 0 Å². The summed E-state index contributed by atoms with van der Waals surface area (Å²) in [6.07, 6.45) is 2.70. The lowest BCUT2D eigenvalue weighted by Gasteiger charge is -2.16. The Balaban J connectivity index is 1.30. The average Bonchev–Trinajstić information content (AvgIpc) is 3.57. The van der Waals surface area contributed by atoms with Crippen molar-refractivity contribution >= 4 is 50.7 Å². The monoisotopic (exact) mass is 508 g/mol. The number of nitrogens with zero attached hydrogens (tertiary/aromatic N) is 2. The van der Waals surface area contributed by atoms with E-state index in [2.05, 4.69) is 20.6 Å². The zero-order valence-electron chi connectivity index (χ0n) is 18.8. The van der Waals surface area contributed by atoms with Crippen LogP contribution in [0.2, 0.25) is 0 Å². The van der Waals surface area contributed by atoms with Crippen molar-refractivity contribution in [1.82, 2.24) is 20.6 Å². The predicted octanol–water partition coefficient (Wildman–Crippen LogP) is 4.83. The third-order valence-corrected chi connectivity index (χ3v) is 6.98. The van der Waals surface area contributed by atoms with Gasteiger partial charge in [-0.3, -0.25) is 9.59 Å². The number of nitrogens with one attached hydrogen (secondary N) is 2. The minimum atomic E-state index is -0.739. The van der Waals surface area contributed by atoms with E-state index in [-0.39, 0.29) is 18.3 Å². The summed E-state index contributed by atoms with van der Waals surface area (Å²) in [6, 6.07) is 16.2. The van der Waals surface area contributed by atoms with Gasteiger partial charge in [-0.2, -0.15) is 0 Å². The highest BCUT2D eigenvalue weighted by molar-refractivity contribution is 7.20. The SMILES string of the molecule is O=C(NCCCC[C@H](NC(=O)c1nccs1)C(=O)c1nc2ccccc2s1)OCc1ccccc1. The number of hydrogen-bond acceptors (Lipinski definition) is 8. The Hall–Kier alpha value is -3.63. The highest BCUT2D eigenvalue weighted by atomic mass is 32.1. The van der Waals surface area contributed by atoms with E-state index in [0.717, 1.165) is 15.8 Å². The molecule has 4 aromatic rings. The molecule has 180 valence electrons. The summed E-state index contributed by atoms with van der Waals surface area (Å²) in [6.45, 7) is 0.601. The first kappa shape index (κ1) is 24.5. The fourth-order valence-corrected chi connectivity index (χ4v) is 4.89. The highest BCUT2D eigenvalue weighted by Crippen LogP contribution is 2.23. The Kier molecular flexibility index (Phi) is 8.53. The number of carbonyl (C=O) groups excluding carboxylic acids is 3. The van der Waals surface area contributed by atoms with Gasteiger partial charge in [0.2, 0.25) is 5.78 Å². The van der Waals surface area contributed by atoms with Crippen molar-refractivity contribution < 1.29 is 19.1 Å². The van der Waals surface area contributed by atoms with E-state index >= 15 is 0 Å². The lowest BCUT2D eigenvalue weighted by atomic mass is 10.1. The molecule has 0 aliphatic rings. The maximum atomic E-state index is 13.2. The number of amides is 2. The van der Waals surface area contributed by atoms with Gasteiger partial charge in [-0.05, 0) is 37.0 Å². The predicted molar refractivity (Wildman–Crippen MR) is 136 cm³/mol. The number of para-hydroxylation sites is 1. The Morgan fingerprint density at radius 3 is 2.54 bits per heavy atom. The van der Waals surface area contributed by atoms with Gasteiger partial charge in [-0.1, -0.05) is 42.5 Å². The summed E-state index contributed by atoms with van der Waals surface area (Å²) in [5.74, 6) is -0.617. The van der Waals surface area contributed by atoms with E-state index < -0.39 is 12.1 Å². The average molecular weight is 509 g/mol. The van der Waals surface area contributed by atoms with Crippen LogP contribution in [-0.4, -0.2) is 40.3 Å². The molecule has 2 N–H and O–H groups in total. The van der Waals surface area contributed by atoms with E-state index in [0.29, 0.717) is 35.8 Å². The number of aromatic nitrogens is 2. The molecule has 8 nitrogen and oxygen atoms in total. The van der Waals surface area contributed by atoms with Crippen LogP contribution in [0.15, 0.2) is 66.2 Å². The summed E-state index contributed by atoms with van der Waals surface area (Å²) in [4.78, 5) is 46.2. The van der Waals surface area contributed by atoms with Gasteiger partial charge in [0.05, 0.1) is 16.3 Å². The van der Waals surface area contributed by atoms with E-state index in [9.17, 15) is 14.4 Å². The van der Waals surface area contributed by atoms with Gasteiger partial charge in [0.1, 0.15) is 6.61 Å². The van der Waals surface area contributed by atoms with Gasteiger partial charge >= 0.3 is 6.09 Å². The zero-order valence-corrected chi connectivity index (χ0v) is 20.4. The van der Waals surface area contributed by atoms with Gasteiger partial charge in [-0.15, -0.1) is 22.7 Å². The molecular formula is C25H24N4O4S2. The summed E-state index contributed by atoms with van der Waals surface area (Å²) in [7, 11) is 0. The number of rotatable bonds is 11. The van der Waals surface area contributed by atoms with E-state index in [4.69, 9.17) is 4.74 Å². The van der Waals surface area contributed by atoms with Crippen LogP contribution < -0.4 is 10.6 Å². The maximum Gasteiger partial charge on any atom is 0.407 e. The molecular weight excluding hydrogens is 484 g/mol. The standard InChI is InChI=1S/C25H24N4O4S2/c30-21(23-29-18-10-4-5-12-20(18)35-23)19(28-22(31)24-26-14-15-34-24)11-6-7-13-27-25(32)33-16-17-8-2-1-3-9-17/h1-5,8-10,12,14-15,19H,6-7,11,13,16H2,(H,27,32)(H,28,31)/t19-/m0/s1. The van der Waals surface area contributed by atoms with Crippen LogP contribution >= 0.6 is 22.7 Å². The fourth-order valence-electron chi connectivity index (χ4n) is 3.39. The number of carbonyl (C=O) groups is 3. The van der Waals surface area contributed by atoms with Crippen LogP contribution in [-0.2, 0) is 11.3 Å². The van der Waals surface area contributed by atoms with Crippen LogP contribution in [0, 0.1) is 0 Å². The number of hydrogen-bond donors (Lipinski definition) is 2. The van der Waals surface area contributed by atoms with E-state index in [1.807, 2.05) is 54.6 Å². The molecule has 2 aromatic carbocycles. The number of alkyl carbamates (subject to hydrolysis) is 1. The van der Waals surface area contributed by atoms with Crippen molar-refractivity contribution in [3.63, 3.8) is 0 Å². The number of ketones is 1. The molecule has 2 aromatic heterocycles. The molecule has 0 aliphatic carbocycles. The minimum absolute atomic E-state index is 0.203. The number of ether oxygens (including phenoxy) is 1. The molecule has 35 heavy (non-hydrogen) atoms. The second kappa shape index (κ2) is 12.2. The molecule has 1 atom stereocenters. The minimum Gasteiger partial charge on any atom is -0.445 e. The van der Waals surface area contributed by atoms with Gasteiger partial charge in [0.25, 0.3) is 5.91 Å². The molecule has 2 heterocycles. The Bertz CT molecular complexity index is 1240. The summed E-state index contributed by atoms with van der Waals surface area (Å²) < 4.78 is 6.12. The quantitative estimate of drug-likeness (QED) is 0.222. The lowest BCUT2D eigenvalue weighted by molar-refractivity contribution is 0.0850. The highest BCUT2D eigenvalue weighted by Gasteiger charge is 2.26. The third-order valence-electron chi connectivity index (χ3n) is 5.15. The molecule has 0 saturated carbocycles. The van der Waals surface area contributed by atoms with Crippen molar-refractivity contribution in [3.8, 4) is 0 Å². The summed E-state index contributed by atoms with van der Waals surface area (Å²) in [5.41, 5.74) is 1.67. The number of thiazole rings is 2. The molecule has 4 rings (SSSR count). The molecule has 0 aliphatic heterocycles. The lowest BCUT2D eigenvalue weighted by Crippen LogP contribution is -2.41. The summed E-state index contributed by atoms with van der Waals surface area (Å²) in [5, 5.41) is 7.90. The number of benzene rings is 2. The number of Topliss-reactive ketones (excluding diaryl/α,β-unsaturated/α-hetero) is 1. The fraction of sp³-hybridized carbons (Fsp3) is 0.240. The molecule has 0 bridgehead atoms. The number of fused-ring (bicyclic) bond motifs is 1. The molecule has 0 saturated heterocycles. The molecule has 10 heteroatoms. The number of unbranched alkanes of at least 4 members (excludes halogenated alkanes) is 1. The van der Waals surface area contributed by atoms with Crippen LogP contribution in [0.3, 0.4) is 0 Å². The first-order valence-corrected chi connectivity index (χ1v) is 12.8. The van der Waals surface area contributed by atoms with Crippen LogP contribution in [0.5, 0.6) is 0 Å². The van der Waals surface area contributed by atoms with Gasteiger partial charge in [0, 0.05) is 18.1 Å². The topological polar surface area (TPSA) is 110 Å². The molecule has 2 amide bonds. The van der Waals surface area contributed by atoms with E-state index in [1.54, 1.807) is 11.6 Å². The molecule has 0 unspecified atom stereocenters. The zero-order chi connectivity index (χ0) is 24.5. The third kappa shape index (κ3) is 6.93. The normalized spacial score (nSPS) is 11.7. The van der Waals surface area contributed by atoms with Gasteiger partial charge in [-0.25, -0.2) is 14.8 Å². The first-order chi connectivity index (χ1) is 17.1. The van der Waals surface area contributed by atoms with Gasteiger partial charge in [0.15, 0.2) is 10.0 Å². The van der Waals surface area contributed by atoms with Crippen molar-refractivity contribution in [2.24, 2.45) is 0 Å². The smallest absolute Gasteiger partial charge is 0.407 e. The Labute approximate surface area is 210 Å². The second-order valence-corrected chi connectivity index (χ2v) is 9.62. The van der Waals surface area contributed by atoms with E-state index in [1.165, 1.54) is 22.7 Å². The largest absolute Gasteiger partial charge is 0.445 e. The van der Waals surface area contributed by atoms with Crippen LogP contribution in [0.4, 0.5) is 4.79 Å². The molecule has 0 spiro atoms. The first-order valence-electron chi connectivity index (χ1n) is 11.1. The van der Waals surface area contributed by atoms with Crippen molar-refractivity contribution in [3.05, 3.63) is 81.8 Å². The van der Waals surface area contributed by atoms with Crippen LogP contribution in [0.1, 0.15) is 44.4 Å². The van der Waals surface area contributed by atoms with Crippen LogP contribution in [0.25, 0.3) is 10.2 Å². The van der Waals surface area contributed by atoms with Gasteiger partial charge < -0.3 is 15.4 Å². The maximum absolute atomic E-state index is 13.2. The van der Waals surface area contributed by atoms with Crippen molar-refractivity contribution in [2.45, 2.75) is 31.9 Å². The molecule has 0 fully saturated rings. The molecule has 0 radical (unpaired) electrons. The summed E-state index contributed by atoms with van der Waals surface area (Å²) >= 11 is 2.52. The van der Waals surface area contributed by atoms with Crippen molar-refractivity contribution in [2.75, 3.05) is 6.54 Å².